The molecule has 0 saturated carbocycles. The molecule has 0 aliphatic heterocycles. The Hall–Kier alpha value is -1.55. The number of primary amides is 1. The van der Waals surface area contributed by atoms with E-state index in [0.29, 0.717) is 0 Å². The number of amides is 1. The molecule has 0 heterocycles. The zero-order valence-electron chi connectivity index (χ0n) is 12.0. The zero-order valence-corrected chi connectivity index (χ0v) is 12.0. The van der Waals surface area contributed by atoms with Crippen LogP contribution in [0.25, 0.3) is 0 Å². The van der Waals surface area contributed by atoms with Gasteiger partial charge in [-0.2, -0.15) is 0 Å². The summed E-state index contributed by atoms with van der Waals surface area (Å²) >= 11 is 0. The number of nitrogens with one attached hydrogen (secondary N) is 1. The van der Waals surface area contributed by atoms with Crippen molar-refractivity contribution in [3.63, 3.8) is 0 Å². The third kappa shape index (κ3) is 5.75. The molecule has 3 N–H and O–H groups in total. The first-order valence-electron chi connectivity index (χ1n) is 7.00. The highest BCUT2D eigenvalue weighted by molar-refractivity contribution is 5.79. The monoisotopic (exact) mass is 263 g/mol. The van der Waals surface area contributed by atoms with Crippen molar-refractivity contribution >= 4 is 11.6 Å². The van der Waals surface area contributed by atoms with E-state index in [0.717, 1.165) is 38.2 Å². The fourth-order valence-electron chi connectivity index (χ4n) is 1.93. The Kier molecular flexibility index (Phi) is 6.97. The van der Waals surface area contributed by atoms with Gasteiger partial charge in [-0.05, 0) is 30.7 Å². The maximum atomic E-state index is 11.1. The van der Waals surface area contributed by atoms with Gasteiger partial charge in [0.2, 0.25) is 5.91 Å². The largest absolute Gasteiger partial charge is 0.368 e. The summed E-state index contributed by atoms with van der Waals surface area (Å²) in [5, 5.41) is 3.29. The van der Waals surface area contributed by atoms with Gasteiger partial charge in [-0.1, -0.05) is 32.4 Å². The lowest BCUT2D eigenvalue weighted by Crippen LogP contribution is -2.34. The molecule has 0 aliphatic carbocycles. The van der Waals surface area contributed by atoms with Crippen LogP contribution in [0.3, 0.4) is 0 Å². The van der Waals surface area contributed by atoms with Gasteiger partial charge in [0.05, 0.1) is 6.54 Å². The van der Waals surface area contributed by atoms with Crippen LogP contribution in [-0.2, 0) is 11.3 Å². The molecule has 1 aromatic carbocycles. The molecule has 0 bridgehead atoms. The molecule has 0 saturated heterocycles. The van der Waals surface area contributed by atoms with Crippen LogP contribution in [0.5, 0.6) is 0 Å². The lowest BCUT2D eigenvalue weighted by atomic mass is 10.2. The minimum absolute atomic E-state index is 0.284. The highest BCUT2D eigenvalue weighted by Gasteiger charge is 2.08. The van der Waals surface area contributed by atoms with Crippen molar-refractivity contribution in [2.45, 2.75) is 33.2 Å². The van der Waals surface area contributed by atoms with Gasteiger partial charge in [0.1, 0.15) is 0 Å². The van der Waals surface area contributed by atoms with Crippen LogP contribution in [0.4, 0.5) is 5.69 Å². The molecule has 1 amide bonds. The first kappa shape index (κ1) is 15.5. The van der Waals surface area contributed by atoms with Crippen LogP contribution in [0.1, 0.15) is 32.3 Å². The summed E-state index contributed by atoms with van der Waals surface area (Å²) in [4.78, 5) is 13.2. The Morgan fingerprint density at radius 1 is 1.26 bits per heavy atom. The fraction of sp³-hybridized carbons (Fsp3) is 0.533. The summed E-state index contributed by atoms with van der Waals surface area (Å²) in [6.45, 7) is 7.22. The molecule has 0 atom stereocenters. The topological polar surface area (TPSA) is 58.4 Å². The van der Waals surface area contributed by atoms with Crippen molar-refractivity contribution in [3.05, 3.63) is 29.8 Å². The van der Waals surface area contributed by atoms with Gasteiger partial charge in [-0.15, -0.1) is 0 Å². The second kappa shape index (κ2) is 8.53. The van der Waals surface area contributed by atoms with Crippen LogP contribution in [0, 0.1) is 0 Å². The summed E-state index contributed by atoms with van der Waals surface area (Å²) in [5.41, 5.74) is 7.62. The molecule has 0 unspecified atom stereocenters. The Balaban J connectivity index is 2.69. The summed E-state index contributed by atoms with van der Waals surface area (Å²) in [6, 6.07) is 8.31. The molecule has 0 spiro atoms. The summed E-state index contributed by atoms with van der Waals surface area (Å²) in [7, 11) is 0. The number of benzene rings is 1. The second-order valence-corrected chi connectivity index (χ2v) is 4.69. The minimum atomic E-state index is -0.284. The number of carbonyl (C=O) groups excluding carboxylic acids is 1. The van der Waals surface area contributed by atoms with Gasteiger partial charge >= 0.3 is 0 Å². The number of anilines is 1. The fourth-order valence-corrected chi connectivity index (χ4v) is 1.93. The van der Waals surface area contributed by atoms with Crippen molar-refractivity contribution in [2.75, 3.05) is 24.5 Å². The van der Waals surface area contributed by atoms with Crippen molar-refractivity contribution in [3.8, 4) is 0 Å². The predicted octanol–water partition coefficient (Wildman–Crippen LogP) is 1.89. The van der Waals surface area contributed by atoms with Crippen LogP contribution in [-0.4, -0.2) is 25.5 Å². The Labute approximate surface area is 116 Å². The number of unbranched alkanes of at least 4 members (excludes halogenated alkanes) is 1. The van der Waals surface area contributed by atoms with Crippen molar-refractivity contribution in [1.29, 1.82) is 0 Å². The molecule has 1 aromatic rings. The van der Waals surface area contributed by atoms with E-state index in [2.05, 4.69) is 43.4 Å². The quantitative estimate of drug-likeness (QED) is 0.715. The number of rotatable bonds is 9. The van der Waals surface area contributed by atoms with E-state index in [1.54, 1.807) is 0 Å². The number of nitrogens with zero attached hydrogens (tertiary/aromatic N) is 1. The van der Waals surface area contributed by atoms with E-state index in [4.69, 9.17) is 5.73 Å². The van der Waals surface area contributed by atoms with Crippen molar-refractivity contribution < 1.29 is 4.79 Å². The van der Waals surface area contributed by atoms with E-state index >= 15 is 0 Å². The first-order chi connectivity index (χ1) is 9.17. The third-order valence-corrected chi connectivity index (χ3v) is 3.01. The standard InChI is InChI=1S/C15H25N3O/c1-3-5-10-18(12-15(16)19)14-8-6-13(7-9-14)11-17-4-2/h6-9,17H,3-5,10-12H2,1-2H3,(H2,16,19). The van der Waals surface area contributed by atoms with Crippen molar-refractivity contribution in [1.82, 2.24) is 5.32 Å². The number of hydrogen-bond acceptors (Lipinski definition) is 3. The van der Waals surface area contributed by atoms with Gasteiger partial charge in [0.25, 0.3) is 0 Å². The number of carbonyl (C=O) groups is 1. The van der Waals surface area contributed by atoms with E-state index in [1.807, 2.05) is 4.90 Å². The maximum absolute atomic E-state index is 11.1. The van der Waals surface area contributed by atoms with Crippen LogP contribution in [0.15, 0.2) is 24.3 Å². The molecule has 4 heteroatoms. The zero-order chi connectivity index (χ0) is 14.1. The smallest absolute Gasteiger partial charge is 0.236 e. The molecule has 0 aromatic heterocycles. The molecule has 19 heavy (non-hydrogen) atoms. The SMILES string of the molecule is CCCCN(CC(N)=O)c1ccc(CNCC)cc1. The molecule has 4 nitrogen and oxygen atoms in total. The van der Waals surface area contributed by atoms with Gasteiger partial charge in [0, 0.05) is 18.8 Å². The molecule has 1 rings (SSSR count). The average molecular weight is 263 g/mol. The van der Waals surface area contributed by atoms with Crippen LogP contribution < -0.4 is 16.0 Å². The maximum Gasteiger partial charge on any atom is 0.236 e. The van der Waals surface area contributed by atoms with Gasteiger partial charge < -0.3 is 16.0 Å². The summed E-state index contributed by atoms with van der Waals surface area (Å²) < 4.78 is 0. The normalized spacial score (nSPS) is 10.4. The van der Waals surface area contributed by atoms with Crippen LogP contribution >= 0.6 is 0 Å². The lowest BCUT2D eigenvalue weighted by molar-refractivity contribution is -0.116. The molecule has 0 radical (unpaired) electrons. The molecular weight excluding hydrogens is 238 g/mol. The van der Waals surface area contributed by atoms with Gasteiger partial charge in [-0.3, -0.25) is 4.79 Å². The van der Waals surface area contributed by atoms with E-state index in [9.17, 15) is 4.79 Å². The second-order valence-electron chi connectivity index (χ2n) is 4.69. The van der Waals surface area contributed by atoms with E-state index < -0.39 is 0 Å². The van der Waals surface area contributed by atoms with Crippen molar-refractivity contribution in [2.24, 2.45) is 5.73 Å². The van der Waals surface area contributed by atoms with E-state index in [-0.39, 0.29) is 12.5 Å². The number of hydrogen-bond donors (Lipinski definition) is 2. The first-order valence-corrected chi connectivity index (χ1v) is 7.00. The predicted molar refractivity (Wildman–Crippen MR) is 80.1 cm³/mol. The molecular formula is C15H25N3O. The van der Waals surface area contributed by atoms with E-state index in [1.165, 1.54) is 5.56 Å². The summed E-state index contributed by atoms with van der Waals surface area (Å²) in [5.74, 6) is -0.284. The third-order valence-electron chi connectivity index (χ3n) is 3.01. The Morgan fingerprint density at radius 2 is 1.95 bits per heavy atom. The highest BCUT2D eigenvalue weighted by Crippen LogP contribution is 2.16. The minimum Gasteiger partial charge on any atom is -0.368 e. The molecule has 0 aliphatic rings. The molecule has 106 valence electrons. The van der Waals surface area contributed by atoms with Gasteiger partial charge in [-0.25, -0.2) is 0 Å². The number of nitrogens with two attached hydrogens (primary N) is 1. The Morgan fingerprint density at radius 3 is 2.47 bits per heavy atom. The molecule has 0 fully saturated rings. The van der Waals surface area contributed by atoms with Gasteiger partial charge in [0.15, 0.2) is 0 Å². The van der Waals surface area contributed by atoms with Crippen LogP contribution in [0.2, 0.25) is 0 Å². The lowest BCUT2D eigenvalue weighted by Gasteiger charge is -2.23. The summed E-state index contributed by atoms with van der Waals surface area (Å²) in [6.07, 6.45) is 2.17. The average Bonchev–Trinajstić information content (AvgIpc) is 2.41. The Bertz CT molecular complexity index is 375. The highest BCUT2D eigenvalue weighted by atomic mass is 16.1.